The van der Waals surface area contributed by atoms with Crippen molar-refractivity contribution in [2.75, 3.05) is 6.54 Å². The average Bonchev–Trinajstić information content (AvgIpc) is 2.60. The highest BCUT2D eigenvalue weighted by atomic mass is 16.6. The van der Waals surface area contributed by atoms with Crippen LogP contribution in [0.25, 0.3) is 0 Å². The molecule has 0 aliphatic carbocycles. The third-order valence-corrected chi connectivity index (χ3v) is 4.15. The van der Waals surface area contributed by atoms with E-state index in [9.17, 15) is 14.9 Å². The number of nitrogens with zero attached hydrogens (tertiary/aromatic N) is 2. The van der Waals surface area contributed by atoms with Crippen molar-refractivity contribution in [3.05, 3.63) is 75.3 Å². The van der Waals surface area contributed by atoms with E-state index in [-0.39, 0.29) is 11.6 Å². The van der Waals surface area contributed by atoms with Crippen LogP contribution in [0.2, 0.25) is 0 Å². The lowest BCUT2D eigenvalue weighted by Crippen LogP contribution is -2.41. The molecule has 2 aromatic carbocycles. The van der Waals surface area contributed by atoms with Crippen molar-refractivity contribution in [2.24, 2.45) is 5.73 Å². The molecule has 0 spiro atoms. The second kappa shape index (κ2) is 6.18. The Bertz CT molecular complexity index is 746. The Morgan fingerprint density at radius 2 is 1.91 bits per heavy atom. The Hall–Kier alpha value is -2.73. The van der Waals surface area contributed by atoms with E-state index in [1.54, 1.807) is 17.0 Å². The molecule has 3 rings (SSSR count). The molecule has 0 fully saturated rings. The highest BCUT2D eigenvalue weighted by molar-refractivity contribution is 5.83. The van der Waals surface area contributed by atoms with Crippen molar-refractivity contribution in [3.63, 3.8) is 0 Å². The highest BCUT2D eigenvalue weighted by Gasteiger charge is 2.26. The molecular weight excluding hydrogens is 294 g/mol. The first kappa shape index (κ1) is 15.2. The number of carbonyl (C=O) groups is 1. The van der Waals surface area contributed by atoms with Gasteiger partial charge in [0.05, 0.1) is 4.92 Å². The van der Waals surface area contributed by atoms with E-state index < -0.39 is 11.0 Å². The molecule has 1 atom stereocenters. The van der Waals surface area contributed by atoms with Crippen molar-refractivity contribution >= 4 is 11.6 Å². The van der Waals surface area contributed by atoms with Gasteiger partial charge in [-0.1, -0.05) is 36.4 Å². The van der Waals surface area contributed by atoms with E-state index in [1.807, 2.05) is 30.3 Å². The summed E-state index contributed by atoms with van der Waals surface area (Å²) in [6.07, 6.45) is 0.681. The maximum Gasteiger partial charge on any atom is 0.269 e. The third kappa shape index (κ3) is 3.07. The largest absolute Gasteiger partial charge is 0.336 e. The van der Waals surface area contributed by atoms with Gasteiger partial charge in [0.15, 0.2) is 0 Å². The van der Waals surface area contributed by atoms with Gasteiger partial charge in [0.2, 0.25) is 5.91 Å². The van der Waals surface area contributed by atoms with Gasteiger partial charge in [-0.2, -0.15) is 0 Å². The van der Waals surface area contributed by atoms with Crippen molar-refractivity contribution in [1.82, 2.24) is 4.90 Å². The lowest BCUT2D eigenvalue weighted by atomic mass is 9.97. The first-order valence-electron chi connectivity index (χ1n) is 7.42. The number of nitro groups is 1. The Morgan fingerprint density at radius 1 is 1.17 bits per heavy atom. The zero-order valence-electron chi connectivity index (χ0n) is 12.5. The number of carbonyl (C=O) groups excluding carboxylic acids is 1. The number of nitro benzene ring substituents is 1. The minimum Gasteiger partial charge on any atom is -0.336 e. The van der Waals surface area contributed by atoms with Crippen molar-refractivity contribution in [1.29, 1.82) is 0 Å². The summed E-state index contributed by atoms with van der Waals surface area (Å²) in [5.74, 6) is -0.159. The number of non-ortho nitro benzene ring substituents is 1. The van der Waals surface area contributed by atoms with E-state index in [0.29, 0.717) is 19.5 Å². The van der Waals surface area contributed by atoms with Crippen LogP contribution in [0.4, 0.5) is 5.69 Å². The monoisotopic (exact) mass is 311 g/mol. The number of hydrogen-bond acceptors (Lipinski definition) is 4. The topological polar surface area (TPSA) is 89.5 Å². The SMILES string of the molecule is NC(C(=O)N1CCc2ccc([N+](=O)[O-])cc2C1)c1ccccc1. The standard InChI is InChI=1S/C17H17N3O3/c18-16(13-4-2-1-3-5-13)17(21)19-9-8-12-6-7-15(20(22)23)10-14(12)11-19/h1-7,10,16H,8-9,11,18H2. The normalized spacial score (nSPS) is 14.9. The second-order valence-corrected chi connectivity index (χ2v) is 5.61. The average molecular weight is 311 g/mol. The molecule has 1 unspecified atom stereocenters. The lowest BCUT2D eigenvalue weighted by molar-refractivity contribution is -0.385. The summed E-state index contributed by atoms with van der Waals surface area (Å²) in [5.41, 5.74) is 8.75. The molecule has 0 saturated carbocycles. The maximum absolute atomic E-state index is 12.6. The number of benzene rings is 2. The van der Waals surface area contributed by atoms with Crippen LogP contribution in [0.5, 0.6) is 0 Å². The van der Waals surface area contributed by atoms with Crippen molar-refractivity contribution in [3.8, 4) is 0 Å². The zero-order valence-corrected chi connectivity index (χ0v) is 12.5. The van der Waals surface area contributed by atoms with E-state index in [0.717, 1.165) is 16.7 Å². The van der Waals surface area contributed by atoms with Crippen LogP contribution in [0, 0.1) is 10.1 Å². The maximum atomic E-state index is 12.6. The summed E-state index contributed by atoms with van der Waals surface area (Å²) in [4.78, 5) is 24.7. The first-order chi connectivity index (χ1) is 11.1. The molecule has 0 bridgehead atoms. The van der Waals surface area contributed by atoms with Crippen molar-refractivity contribution in [2.45, 2.75) is 19.0 Å². The van der Waals surface area contributed by atoms with E-state index in [2.05, 4.69) is 0 Å². The fourth-order valence-corrected chi connectivity index (χ4v) is 2.84. The lowest BCUT2D eigenvalue weighted by Gasteiger charge is -2.30. The number of nitrogens with two attached hydrogens (primary N) is 1. The summed E-state index contributed by atoms with van der Waals surface area (Å²) >= 11 is 0. The van der Waals surface area contributed by atoms with Gasteiger partial charge in [-0.05, 0) is 23.1 Å². The van der Waals surface area contributed by atoms with Gasteiger partial charge in [-0.25, -0.2) is 0 Å². The number of hydrogen-bond donors (Lipinski definition) is 1. The fraction of sp³-hybridized carbons (Fsp3) is 0.235. The summed E-state index contributed by atoms with van der Waals surface area (Å²) in [6.45, 7) is 0.931. The van der Waals surface area contributed by atoms with E-state index in [1.165, 1.54) is 6.07 Å². The van der Waals surface area contributed by atoms with Crippen LogP contribution < -0.4 is 5.73 Å². The molecule has 2 N–H and O–H groups in total. The molecule has 118 valence electrons. The van der Waals surface area contributed by atoms with Crippen LogP contribution >= 0.6 is 0 Å². The molecule has 23 heavy (non-hydrogen) atoms. The smallest absolute Gasteiger partial charge is 0.269 e. The van der Waals surface area contributed by atoms with Gasteiger partial charge in [0.1, 0.15) is 6.04 Å². The number of fused-ring (bicyclic) bond motifs is 1. The van der Waals surface area contributed by atoms with E-state index in [4.69, 9.17) is 5.73 Å². The van der Waals surface area contributed by atoms with Crippen LogP contribution in [-0.2, 0) is 17.8 Å². The predicted molar refractivity (Wildman–Crippen MR) is 85.6 cm³/mol. The second-order valence-electron chi connectivity index (χ2n) is 5.61. The van der Waals surface area contributed by atoms with Crippen molar-refractivity contribution < 1.29 is 9.72 Å². The summed E-state index contributed by atoms with van der Waals surface area (Å²) in [5, 5.41) is 10.9. The van der Waals surface area contributed by atoms with Gasteiger partial charge in [0, 0.05) is 25.2 Å². The Labute approximate surface area is 133 Å². The van der Waals surface area contributed by atoms with Gasteiger partial charge in [-0.3, -0.25) is 14.9 Å². The summed E-state index contributed by atoms with van der Waals surface area (Å²) in [6, 6.07) is 13.3. The number of amides is 1. The Kier molecular flexibility index (Phi) is 4.08. The van der Waals surface area contributed by atoms with Crippen LogP contribution in [0.1, 0.15) is 22.7 Å². The molecule has 1 aliphatic heterocycles. The van der Waals surface area contributed by atoms with Crippen LogP contribution in [0.15, 0.2) is 48.5 Å². The third-order valence-electron chi connectivity index (χ3n) is 4.15. The molecule has 0 aromatic heterocycles. The molecule has 1 heterocycles. The van der Waals surface area contributed by atoms with Gasteiger partial charge >= 0.3 is 0 Å². The Balaban J connectivity index is 1.79. The molecule has 1 amide bonds. The fourth-order valence-electron chi connectivity index (χ4n) is 2.84. The zero-order chi connectivity index (χ0) is 16.4. The molecule has 0 saturated heterocycles. The molecule has 2 aromatic rings. The minimum atomic E-state index is -0.712. The van der Waals surface area contributed by atoms with Crippen LogP contribution in [-0.4, -0.2) is 22.3 Å². The first-order valence-corrected chi connectivity index (χ1v) is 7.42. The van der Waals surface area contributed by atoms with Gasteiger partial charge in [-0.15, -0.1) is 0 Å². The van der Waals surface area contributed by atoms with E-state index >= 15 is 0 Å². The predicted octanol–water partition coefficient (Wildman–Crippen LogP) is 2.18. The van der Waals surface area contributed by atoms with Gasteiger partial charge in [0.25, 0.3) is 5.69 Å². The highest BCUT2D eigenvalue weighted by Crippen LogP contribution is 2.25. The molecule has 1 aliphatic rings. The minimum absolute atomic E-state index is 0.0467. The molecular formula is C17H17N3O3. The summed E-state index contributed by atoms with van der Waals surface area (Å²) < 4.78 is 0. The quantitative estimate of drug-likeness (QED) is 0.695. The van der Waals surface area contributed by atoms with Crippen LogP contribution in [0.3, 0.4) is 0 Å². The summed E-state index contributed by atoms with van der Waals surface area (Å²) in [7, 11) is 0. The Morgan fingerprint density at radius 3 is 2.61 bits per heavy atom. The molecule has 0 radical (unpaired) electrons. The number of rotatable bonds is 3. The molecule has 6 nitrogen and oxygen atoms in total. The van der Waals surface area contributed by atoms with Gasteiger partial charge < -0.3 is 10.6 Å². The molecule has 6 heteroatoms.